The van der Waals surface area contributed by atoms with Crippen molar-refractivity contribution in [2.75, 3.05) is 57.1 Å². The summed E-state index contributed by atoms with van der Waals surface area (Å²) < 4.78 is 19.4. The molecule has 1 unspecified atom stereocenters. The Morgan fingerprint density at radius 2 is 1.80 bits per heavy atom. The first kappa shape index (κ1) is 29.3. The van der Waals surface area contributed by atoms with Crippen LogP contribution in [0.4, 0.5) is 11.6 Å². The van der Waals surface area contributed by atoms with Gasteiger partial charge in [0.15, 0.2) is 22.6 Å². The van der Waals surface area contributed by atoms with Gasteiger partial charge in [0.2, 0.25) is 11.8 Å². The number of nitrogen functional groups attached to an aromatic ring is 1. The number of aryl methyl sites for hydroxylation is 1. The summed E-state index contributed by atoms with van der Waals surface area (Å²) in [5.41, 5.74) is 9.01. The van der Waals surface area contributed by atoms with Crippen LogP contribution in [-0.4, -0.2) is 86.7 Å². The molecule has 2 aromatic carbocycles. The van der Waals surface area contributed by atoms with Crippen molar-refractivity contribution in [3.63, 3.8) is 0 Å². The fourth-order valence-corrected chi connectivity index (χ4v) is 6.00. The number of methoxy groups -OCH3 is 1. The molecule has 0 spiro atoms. The van der Waals surface area contributed by atoms with Gasteiger partial charge in [-0.05, 0) is 55.8 Å². The summed E-state index contributed by atoms with van der Waals surface area (Å²) in [5.74, 6) is 1.72. The topological polar surface area (TPSA) is 142 Å². The molecule has 2 N–H and O–H groups in total. The number of nitrogens with two attached hydrogens (primary N) is 1. The first-order valence-electron chi connectivity index (χ1n) is 15.1. The van der Waals surface area contributed by atoms with E-state index in [0.29, 0.717) is 67.7 Å². The highest BCUT2D eigenvalue weighted by Gasteiger charge is 2.43. The molecule has 0 aliphatic carbocycles. The van der Waals surface area contributed by atoms with E-state index in [9.17, 15) is 4.79 Å². The van der Waals surface area contributed by atoms with E-state index in [2.05, 4.69) is 10.00 Å². The Kier molecular flexibility index (Phi) is 7.53. The summed E-state index contributed by atoms with van der Waals surface area (Å²) in [5, 5.41) is 9.89. The molecule has 4 aromatic heterocycles. The molecule has 0 bridgehead atoms. The smallest absolute Gasteiger partial charge is 0.255 e. The summed E-state index contributed by atoms with van der Waals surface area (Å²) in [6.07, 6.45) is 3.23. The second-order valence-electron chi connectivity index (χ2n) is 11.5. The summed E-state index contributed by atoms with van der Waals surface area (Å²) in [6, 6.07) is 19.5. The molecule has 1 fully saturated rings. The van der Waals surface area contributed by atoms with Gasteiger partial charge < -0.3 is 29.4 Å². The van der Waals surface area contributed by atoms with Crippen LogP contribution in [0.25, 0.3) is 28.3 Å². The van der Waals surface area contributed by atoms with Gasteiger partial charge in [0, 0.05) is 39.0 Å². The predicted octanol–water partition coefficient (Wildman–Crippen LogP) is 3.76. The second kappa shape index (κ2) is 11.8. The average Bonchev–Trinajstić information content (AvgIpc) is 3.85. The van der Waals surface area contributed by atoms with Gasteiger partial charge >= 0.3 is 0 Å². The molecule has 1 aliphatic rings. The molecule has 236 valence electrons. The Bertz CT molecular complexity index is 1990. The van der Waals surface area contributed by atoms with E-state index in [4.69, 9.17) is 34.7 Å². The fourth-order valence-electron chi connectivity index (χ4n) is 6.00. The summed E-state index contributed by atoms with van der Waals surface area (Å²) in [7, 11) is 1.65. The van der Waals surface area contributed by atoms with Crippen LogP contribution < -0.4 is 15.4 Å². The van der Waals surface area contributed by atoms with Crippen LogP contribution in [0.2, 0.25) is 0 Å². The van der Waals surface area contributed by atoms with Gasteiger partial charge in [-0.15, -0.1) is 5.10 Å². The summed E-state index contributed by atoms with van der Waals surface area (Å²) >= 11 is 0. The minimum Gasteiger partial charge on any atom is -0.491 e. The van der Waals surface area contributed by atoms with Crippen LogP contribution in [0, 0.1) is 6.92 Å². The SMILES string of the molecule is COCCOc1ccc(N2CCN(C(=O)C(C)(c3cccc(C)c3)n3ncc4c3nc(N)n3nc(-c5ccco5)nc43)CC2)cc1. The average molecular weight is 622 g/mol. The molecule has 0 saturated carbocycles. The molecule has 1 atom stereocenters. The van der Waals surface area contributed by atoms with Crippen molar-refractivity contribution in [1.29, 1.82) is 0 Å². The number of rotatable bonds is 9. The highest BCUT2D eigenvalue weighted by atomic mass is 16.5. The number of ether oxygens (including phenoxy) is 2. The number of amides is 1. The standard InChI is InChI=1S/C33H35N9O4/c1-22-6-4-7-23(20-22)33(2,31(43)40-15-13-39(14-16-40)24-9-11-25(12-10-24)45-19-18-44-3)42-30-26(21-35-42)29-36-28(27-8-5-17-46-27)38-41(29)32(34)37-30/h4-12,17,20-21H,13-16,18-19H2,1-3H3,(H2,34,37). The number of hydrogen-bond acceptors (Lipinski definition) is 10. The van der Waals surface area contributed by atoms with E-state index in [1.165, 1.54) is 4.52 Å². The number of piperazine rings is 1. The zero-order valence-electron chi connectivity index (χ0n) is 26.0. The van der Waals surface area contributed by atoms with Crippen LogP contribution in [0.15, 0.2) is 77.5 Å². The minimum absolute atomic E-state index is 0.0809. The number of carbonyl (C=O) groups excluding carboxylic acids is 1. The third-order valence-corrected chi connectivity index (χ3v) is 8.52. The molecule has 13 heteroatoms. The van der Waals surface area contributed by atoms with Crippen molar-refractivity contribution in [2.24, 2.45) is 0 Å². The molecule has 7 rings (SSSR count). The largest absolute Gasteiger partial charge is 0.491 e. The van der Waals surface area contributed by atoms with Crippen molar-refractivity contribution in [2.45, 2.75) is 19.4 Å². The van der Waals surface area contributed by atoms with E-state index in [1.807, 2.05) is 67.3 Å². The summed E-state index contributed by atoms with van der Waals surface area (Å²) in [4.78, 5) is 28.3. The molecule has 46 heavy (non-hydrogen) atoms. The molecule has 5 heterocycles. The molecule has 1 aliphatic heterocycles. The number of furan rings is 1. The quantitative estimate of drug-likeness (QED) is 0.237. The van der Waals surface area contributed by atoms with Crippen LogP contribution in [0.1, 0.15) is 18.1 Å². The molecule has 6 aromatic rings. The van der Waals surface area contributed by atoms with E-state index in [-0.39, 0.29) is 11.9 Å². The Morgan fingerprint density at radius 3 is 2.52 bits per heavy atom. The highest BCUT2D eigenvalue weighted by molar-refractivity contribution is 5.94. The molecule has 1 amide bonds. The number of anilines is 2. The number of aromatic nitrogens is 6. The highest BCUT2D eigenvalue weighted by Crippen LogP contribution is 2.34. The lowest BCUT2D eigenvalue weighted by molar-refractivity contribution is -0.138. The third kappa shape index (κ3) is 5.08. The van der Waals surface area contributed by atoms with Crippen molar-refractivity contribution in [3.05, 3.63) is 84.3 Å². The van der Waals surface area contributed by atoms with Crippen LogP contribution >= 0.6 is 0 Å². The van der Waals surface area contributed by atoms with Gasteiger partial charge in [-0.2, -0.15) is 14.6 Å². The maximum atomic E-state index is 14.7. The lowest BCUT2D eigenvalue weighted by Gasteiger charge is -2.41. The van der Waals surface area contributed by atoms with Gasteiger partial charge in [0.05, 0.1) is 24.5 Å². The number of hydrogen-bond donors (Lipinski definition) is 1. The van der Waals surface area contributed by atoms with E-state index in [0.717, 1.165) is 22.6 Å². The number of fused-ring (bicyclic) bond motifs is 3. The first-order valence-corrected chi connectivity index (χ1v) is 15.1. The Balaban J connectivity index is 1.21. The van der Waals surface area contributed by atoms with Crippen LogP contribution in [-0.2, 0) is 15.1 Å². The molecule has 13 nitrogen and oxygen atoms in total. The van der Waals surface area contributed by atoms with E-state index >= 15 is 0 Å². The van der Waals surface area contributed by atoms with Crippen LogP contribution in [0.5, 0.6) is 5.75 Å². The van der Waals surface area contributed by atoms with Crippen molar-refractivity contribution < 1.29 is 18.7 Å². The molecular weight excluding hydrogens is 586 g/mol. The zero-order chi connectivity index (χ0) is 31.8. The number of nitrogens with zero attached hydrogens (tertiary/aromatic N) is 8. The first-order chi connectivity index (χ1) is 22.4. The molecular formula is C33H35N9O4. The number of benzene rings is 2. The van der Waals surface area contributed by atoms with Gasteiger partial charge in [0.25, 0.3) is 5.91 Å². The predicted molar refractivity (Wildman–Crippen MR) is 173 cm³/mol. The van der Waals surface area contributed by atoms with Crippen molar-refractivity contribution >= 4 is 34.2 Å². The number of carbonyl (C=O) groups is 1. The Morgan fingerprint density at radius 1 is 1.00 bits per heavy atom. The Labute approximate surface area is 265 Å². The zero-order valence-corrected chi connectivity index (χ0v) is 26.0. The van der Waals surface area contributed by atoms with Gasteiger partial charge in [-0.25, -0.2) is 9.67 Å². The van der Waals surface area contributed by atoms with Crippen molar-refractivity contribution in [3.8, 4) is 17.3 Å². The third-order valence-electron chi connectivity index (χ3n) is 8.52. The molecule has 0 radical (unpaired) electrons. The van der Waals surface area contributed by atoms with Crippen LogP contribution in [0.3, 0.4) is 0 Å². The maximum Gasteiger partial charge on any atom is 0.255 e. The van der Waals surface area contributed by atoms with Gasteiger partial charge in [-0.3, -0.25) is 4.79 Å². The normalized spacial score (nSPS) is 15.0. The van der Waals surface area contributed by atoms with E-state index in [1.54, 1.807) is 36.4 Å². The minimum atomic E-state index is -1.22. The van der Waals surface area contributed by atoms with E-state index < -0.39 is 5.54 Å². The van der Waals surface area contributed by atoms with Crippen molar-refractivity contribution in [1.82, 2.24) is 34.3 Å². The monoisotopic (exact) mass is 621 g/mol. The van der Waals surface area contributed by atoms with Gasteiger partial charge in [0.1, 0.15) is 12.4 Å². The molecule has 1 saturated heterocycles. The second-order valence-corrected chi connectivity index (χ2v) is 11.5. The van der Waals surface area contributed by atoms with Gasteiger partial charge in [-0.1, -0.05) is 29.8 Å². The Hall–Kier alpha value is -5.43. The lowest BCUT2D eigenvalue weighted by Crippen LogP contribution is -2.56. The lowest BCUT2D eigenvalue weighted by atomic mass is 9.89. The maximum absolute atomic E-state index is 14.7. The summed E-state index contributed by atoms with van der Waals surface area (Å²) in [6.45, 7) is 7.39. The fraction of sp³-hybridized carbons (Fsp3) is 0.303.